The molecule has 1 aromatic heterocycles. The molecule has 190 valence electrons. The molecule has 0 saturated heterocycles. The van der Waals surface area contributed by atoms with E-state index in [1.165, 1.54) is 4.57 Å². The number of halogens is 1. The maximum Gasteiger partial charge on any atom is 0.336 e. The molecular weight excluding hydrogens is 492 g/mol. The van der Waals surface area contributed by atoms with Crippen molar-refractivity contribution in [2.24, 2.45) is 5.92 Å². The zero-order chi connectivity index (χ0) is 26.5. The summed E-state index contributed by atoms with van der Waals surface area (Å²) in [6.07, 6.45) is 0.188. The average Bonchev–Trinajstić information content (AvgIpc) is 2.86. The number of nitrogens with one attached hydrogen (secondary N) is 2. The Hall–Kier alpha value is -4.17. The molecule has 0 saturated carbocycles. The van der Waals surface area contributed by atoms with Crippen LogP contribution < -0.4 is 21.9 Å². The van der Waals surface area contributed by atoms with Crippen molar-refractivity contribution in [3.63, 3.8) is 0 Å². The number of carbonyl (C=O) groups is 2. The molecule has 0 spiro atoms. The van der Waals surface area contributed by atoms with Crippen LogP contribution in [0.25, 0.3) is 16.6 Å². The van der Waals surface area contributed by atoms with Crippen molar-refractivity contribution in [3.8, 4) is 5.69 Å². The van der Waals surface area contributed by atoms with Crippen molar-refractivity contribution < 1.29 is 9.59 Å². The molecule has 0 radical (unpaired) electrons. The lowest BCUT2D eigenvalue weighted by Gasteiger charge is -2.15. The van der Waals surface area contributed by atoms with Gasteiger partial charge in [0, 0.05) is 17.3 Å². The van der Waals surface area contributed by atoms with Crippen molar-refractivity contribution in [2.75, 3.05) is 11.9 Å². The third kappa shape index (κ3) is 6.16. The molecule has 4 aromatic rings. The summed E-state index contributed by atoms with van der Waals surface area (Å²) in [4.78, 5) is 51.8. The fraction of sp³-hybridized carbons (Fsp3) is 0.214. The highest BCUT2D eigenvalue weighted by Gasteiger charge is 2.17. The monoisotopic (exact) mass is 518 g/mol. The number of para-hydroxylation sites is 1. The molecule has 8 nitrogen and oxygen atoms in total. The second kappa shape index (κ2) is 11.3. The van der Waals surface area contributed by atoms with E-state index in [1.54, 1.807) is 72.8 Å². The lowest BCUT2D eigenvalue weighted by Crippen LogP contribution is -2.40. The molecule has 0 bridgehead atoms. The minimum Gasteiger partial charge on any atom is -0.356 e. The Morgan fingerprint density at radius 3 is 2.35 bits per heavy atom. The molecule has 0 atom stereocenters. The van der Waals surface area contributed by atoms with E-state index in [0.717, 1.165) is 10.1 Å². The number of anilines is 1. The number of aromatic nitrogens is 2. The number of nitrogens with zero attached hydrogens (tertiary/aromatic N) is 2. The van der Waals surface area contributed by atoms with Crippen LogP contribution in [0.5, 0.6) is 0 Å². The predicted octanol–water partition coefficient (Wildman–Crippen LogP) is 3.76. The van der Waals surface area contributed by atoms with Crippen molar-refractivity contribution in [1.29, 1.82) is 0 Å². The van der Waals surface area contributed by atoms with Gasteiger partial charge in [0.1, 0.15) is 6.54 Å². The molecule has 1 heterocycles. The van der Waals surface area contributed by atoms with Gasteiger partial charge in [0.2, 0.25) is 11.8 Å². The van der Waals surface area contributed by atoms with Crippen LogP contribution in [0, 0.1) is 5.92 Å². The number of hydrogen-bond donors (Lipinski definition) is 2. The number of benzene rings is 3. The van der Waals surface area contributed by atoms with E-state index in [9.17, 15) is 19.2 Å². The van der Waals surface area contributed by atoms with E-state index in [1.807, 2.05) is 13.8 Å². The zero-order valence-electron chi connectivity index (χ0n) is 20.5. The van der Waals surface area contributed by atoms with Gasteiger partial charge in [-0.2, -0.15) is 0 Å². The van der Waals surface area contributed by atoms with Gasteiger partial charge in [-0.1, -0.05) is 55.8 Å². The first-order chi connectivity index (χ1) is 17.7. The van der Waals surface area contributed by atoms with Crippen LogP contribution in [0.1, 0.15) is 19.4 Å². The Morgan fingerprint density at radius 2 is 1.65 bits per heavy atom. The third-order valence-corrected chi connectivity index (χ3v) is 5.96. The molecule has 0 aliphatic rings. The molecule has 0 unspecified atom stereocenters. The number of carbonyl (C=O) groups excluding carboxylic acids is 2. The first kappa shape index (κ1) is 25.9. The summed E-state index contributed by atoms with van der Waals surface area (Å²) in [6.45, 7) is 4.32. The Labute approximate surface area is 218 Å². The summed E-state index contributed by atoms with van der Waals surface area (Å²) in [7, 11) is 0. The molecule has 0 fully saturated rings. The SMILES string of the molecule is CC(C)CNC(=O)Cc1ccc(-n2c(=O)c3ccccc3n(CC(=O)Nc3cccc(Cl)c3)c2=O)cc1. The van der Waals surface area contributed by atoms with Crippen molar-refractivity contribution >= 4 is 40.0 Å². The van der Waals surface area contributed by atoms with E-state index in [0.29, 0.717) is 39.8 Å². The van der Waals surface area contributed by atoms with Crippen molar-refractivity contribution in [1.82, 2.24) is 14.5 Å². The third-order valence-electron chi connectivity index (χ3n) is 5.73. The standard InChI is InChI=1S/C28H27ClN4O4/c1-18(2)16-30-25(34)14-19-10-12-22(13-11-19)33-27(36)23-8-3-4-9-24(23)32(28(33)37)17-26(35)31-21-7-5-6-20(29)15-21/h3-13,15,18H,14,16-17H2,1-2H3,(H,30,34)(H,31,35). The molecule has 9 heteroatoms. The quantitative estimate of drug-likeness (QED) is 0.371. The summed E-state index contributed by atoms with van der Waals surface area (Å²) < 4.78 is 2.31. The minimum atomic E-state index is -0.646. The van der Waals surface area contributed by atoms with Crippen LogP contribution in [0.2, 0.25) is 5.02 Å². The van der Waals surface area contributed by atoms with Gasteiger partial charge < -0.3 is 10.6 Å². The summed E-state index contributed by atoms with van der Waals surface area (Å²) in [5.74, 6) is -0.194. The average molecular weight is 519 g/mol. The molecule has 2 amide bonds. The number of fused-ring (bicyclic) bond motifs is 1. The molecular formula is C28H27ClN4O4. The number of hydrogen-bond acceptors (Lipinski definition) is 4. The molecule has 0 aliphatic heterocycles. The van der Waals surface area contributed by atoms with Gasteiger partial charge in [0.15, 0.2) is 0 Å². The lowest BCUT2D eigenvalue weighted by molar-refractivity contribution is -0.120. The largest absolute Gasteiger partial charge is 0.356 e. The van der Waals surface area contributed by atoms with E-state index in [4.69, 9.17) is 11.6 Å². The predicted molar refractivity (Wildman–Crippen MR) is 145 cm³/mol. The van der Waals surface area contributed by atoms with Gasteiger partial charge in [-0.3, -0.25) is 19.0 Å². The van der Waals surface area contributed by atoms with Crippen molar-refractivity contribution in [2.45, 2.75) is 26.8 Å². The van der Waals surface area contributed by atoms with E-state index < -0.39 is 17.2 Å². The second-order valence-corrected chi connectivity index (χ2v) is 9.56. The number of amides is 2. The number of rotatable bonds is 8. The molecule has 3 aromatic carbocycles. The summed E-state index contributed by atoms with van der Waals surface area (Å²) >= 11 is 6.00. The Morgan fingerprint density at radius 1 is 0.919 bits per heavy atom. The van der Waals surface area contributed by atoms with Crippen LogP contribution in [-0.4, -0.2) is 27.5 Å². The summed E-state index contributed by atoms with van der Waals surface area (Å²) in [5, 5.41) is 6.37. The van der Waals surface area contributed by atoms with Crippen LogP contribution in [-0.2, 0) is 22.6 Å². The summed E-state index contributed by atoms with van der Waals surface area (Å²) in [5.41, 5.74) is 0.808. The topological polar surface area (TPSA) is 102 Å². The first-order valence-corrected chi connectivity index (χ1v) is 12.3. The minimum absolute atomic E-state index is 0.0996. The van der Waals surface area contributed by atoms with E-state index in [-0.39, 0.29) is 18.9 Å². The fourth-order valence-corrected chi connectivity index (χ4v) is 4.13. The van der Waals surface area contributed by atoms with Gasteiger partial charge in [0.25, 0.3) is 5.56 Å². The van der Waals surface area contributed by atoms with Gasteiger partial charge in [-0.15, -0.1) is 0 Å². The summed E-state index contributed by atoms with van der Waals surface area (Å²) in [6, 6.07) is 20.0. The van der Waals surface area contributed by atoms with Gasteiger partial charge in [0.05, 0.1) is 23.0 Å². The lowest BCUT2D eigenvalue weighted by atomic mass is 10.1. The maximum absolute atomic E-state index is 13.5. The van der Waals surface area contributed by atoms with Gasteiger partial charge >= 0.3 is 5.69 Å². The van der Waals surface area contributed by atoms with E-state index in [2.05, 4.69) is 10.6 Å². The van der Waals surface area contributed by atoms with Crippen LogP contribution in [0.3, 0.4) is 0 Å². The Bertz CT molecular complexity index is 1570. The smallest absolute Gasteiger partial charge is 0.336 e. The molecule has 0 aliphatic carbocycles. The Kier molecular flexibility index (Phi) is 7.89. The van der Waals surface area contributed by atoms with Crippen LogP contribution in [0.15, 0.2) is 82.4 Å². The molecule has 37 heavy (non-hydrogen) atoms. The maximum atomic E-state index is 13.5. The van der Waals surface area contributed by atoms with Crippen LogP contribution in [0.4, 0.5) is 5.69 Å². The highest BCUT2D eigenvalue weighted by atomic mass is 35.5. The normalized spacial score (nSPS) is 11.0. The van der Waals surface area contributed by atoms with Crippen molar-refractivity contribution in [3.05, 3.63) is 104 Å². The van der Waals surface area contributed by atoms with Crippen LogP contribution >= 0.6 is 11.6 Å². The van der Waals surface area contributed by atoms with Gasteiger partial charge in [-0.25, -0.2) is 9.36 Å². The van der Waals surface area contributed by atoms with Gasteiger partial charge in [-0.05, 0) is 53.9 Å². The first-order valence-electron chi connectivity index (χ1n) is 11.9. The second-order valence-electron chi connectivity index (χ2n) is 9.13. The fourth-order valence-electron chi connectivity index (χ4n) is 3.94. The molecule has 2 N–H and O–H groups in total. The van der Waals surface area contributed by atoms with E-state index >= 15 is 0 Å². The zero-order valence-corrected chi connectivity index (χ0v) is 21.3. The highest BCUT2D eigenvalue weighted by Crippen LogP contribution is 2.16. The highest BCUT2D eigenvalue weighted by molar-refractivity contribution is 6.30. The Balaban J connectivity index is 1.67. The molecule has 4 rings (SSSR count).